The number of nitrogens with zero attached hydrogens (tertiary/aromatic N) is 4. The Labute approximate surface area is 124 Å². The average molecular weight is 310 g/mol. The van der Waals surface area contributed by atoms with Gasteiger partial charge in [-0.3, -0.25) is 0 Å². The monoisotopic (exact) mass is 310 g/mol. The lowest BCUT2D eigenvalue weighted by atomic mass is 9.96. The van der Waals surface area contributed by atoms with Gasteiger partial charge in [-0.25, -0.2) is 13.9 Å². The molecule has 1 saturated heterocycles. The normalized spacial score (nSPS) is 31.7. The molecule has 0 radical (unpaired) electrons. The third-order valence-electron chi connectivity index (χ3n) is 3.75. The van der Waals surface area contributed by atoms with Gasteiger partial charge in [-0.1, -0.05) is 6.08 Å². The first-order chi connectivity index (χ1) is 10.4. The van der Waals surface area contributed by atoms with E-state index in [1.807, 2.05) is 0 Å². The number of ether oxygens (including phenoxy) is 1. The minimum atomic E-state index is -1.82. The molecule has 0 spiro atoms. The summed E-state index contributed by atoms with van der Waals surface area (Å²) >= 11 is 0. The Morgan fingerprint density at radius 3 is 2.86 bits per heavy atom. The number of imidazole rings is 1. The van der Waals surface area contributed by atoms with Crippen molar-refractivity contribution in [3.63, 3.8) is 0 Å². The van der Waals surface area contributed by atoms with E-state index in [4.69, 9.17) is 16.2 Å². The molecule has 1 aliphatic heterocycles. The number of alkyl halides is 1. The summed E-state index contributed by atoms with van der Waals surface area (Å²) in [6.45, 7) is 2.86. The minimum absolute atomic E-state index is 0.0323. The summed E-state index contributed by atoms with van der Waals surface area (Å²) in [5.74, 6) is -0.0832. The Hall–Kier alpha value is -2.30. The van der Waals surface area contributed by atoms with E-state index in [-0.39, 0.29) is 23.1 Å². The highest BCUT2D eigenvalue weighted by atomic mass is 19.1. The Bertz CT molecular complexity index is 737. The highest BCUT2D eigenvalue weighted by molar-refractivity contribution is 5.60. The van der Waals surface area contributed by atoms with Crippen LogP contribution in [0.1, 0.15) is 11.8 Å². The van der Waals surface area contributed by atoms with Gasteiger partial charge in [0.15, 0.2) is 17.6 Å². The van der Waals surface area contributed by atoms with Crippen molar-refractivity contribution in [2.24, 2.45) is 0 Å². The van der Waals surface area contributed by atoms with Crippen LogP contribution in [-0.4, -0.2) is 54.3 Å². The van der Waals surface area contributed by atoms with Crippen molar-refractivity contribution >= 4 is 17.4 Å². The lowest BCUT2D eigenvalue weighted by Gasteiger charge is -2.25. The summed E-state index contributed by atoms with van der Waals surface area (Å²) < 4.78 is 21.2. The van der Waals surface area contributed by atoms with E-state index in [2.05, 4.69) is 21.6 Å². The van der Waals surface area contributed by atoms with Crippen LogP contribution in [0.25, 0.3) is 5.65 Å². The third kappa shape index (κ3) is 1.85. The number of nitrogens with two attached hydrogens (primary N) is 2. The Morgan fingerprint density at radius 1 is 1.55 bits per heavy atom. The summed E-state index contributed by atoms with van der Waals surface area (Å²) in [6, 6.07) is 0. The van der Waals surface area contributed by atoms with Crippen LogP contribution in [0.3, 0.4) is 0 Å². The van der Waals surface area contributed by atoms with Crippen molar-refractivity contribution in [3.8, 4) is 0 Å². The molecule has 1 aliphatic rings. The summed E-state index contributed by atoms with van der Waals surface area (Å²) in [5, 5.41) is 23.4. The molecule has 2 aromatic heterocycles. The Balaban J connectivity index is 2.11. The number of nitrogen functional groups attached to an aromatic ring is 2. The summed E-state index contributed by atoms with van der Waals surface area (Å²) in [5.41, 5.74) is 9.99. The van der Waals surface area contributed by atoms with Gasteiger partial charge in [0.1, 0.15) is 17.8 Å². The van der Waals surface area contributed by atoms with Crippen LogP contribution in [-0.2, 0) is 4.74 Å². The first-order valence-electron chi connectivity index (χ1n) is 6.44. The maximum Gasteiger partial charge on any atom is 0.240 e. The van der Waals surface area contributed by atoms with Crippen molar-refractivity contribution in [2.45, 2.75) is 24.0 Å². The number of anilines is 2. The number of hydrogen-bond acceptors (Lipinski definition) is 8. The van der Waals surface area contributed by atoms with Gasteiger partial charge in [0, 0.05) is 0 Å². The fourth-order valence-corrected chi connectivity index (χ4v) is 2.52. The number of rotatable bonds is 3. The molecule has 0 bridgehead atoms. The summed E-state index contributed by atoms with van der Waals surface area (Å²) in [6.07, 6.45) is -2.14. The number of aliphatic hydroxyl groups excluding tert-OH is 2. The molecule has 1 fully saturated rings. The fraction of sp³-hybridized carbons (Fsp3) is 0.417. The molecular formula is C12H15FN6O3. The zero-order chi connectivity index (χ0) is 16.1. The molecule has 4 atom stereocenters. The highest BCUT2D eigenvalue weighted by Crippen LogP contribution is 2.42. The average Bonchev–Trinajstić information content (AvgIpc) is 3.01. The Morgan fingerprint density at radius 2 is 2.27 bits per heavy atom. The predicted octanol–water partition coefficient (Wildman–Crippen LogP) is -1.02. The molecule has 0 saturated carbocycles. The van der Waals surface area contributed by atoms with Gasteiger partial charge >= 0.3 is 0 Å². The second-order valence-electron chi connectivity index (χ2n) is 5.02. The van der Waals surface area contributed by atoms with Crippen molar-refractivity contribution < 1.29 is 19.3 Å². The van der Waals surface area contributed by atoms with Crippen LogP contribution >= 0.6 is 0 Å². The van der Waals surface area contributed by atoms with Crippen molar-refractivity contribution in [3.05, 3.63) is 24.5 Å². The van der Waals surface area contributed by atoms with Gasteiger partial charge in [-0.05, 0) is 0 Å². The van der Waals surface area contributed by atoms with Crippen molar-refractivity contribution in [1.29, 1.82) is 0 Å². The number of fused-ring (bicyclic) bond motifs is 1. The van der Waals surface area contributed by atoms with Gasteiger partial charge in [0.05, 0.1) is 18.5 Å². The second kappa shape index (κ2) is 4.87. The number of aliphatic hydroxyl groups is 2. The van der Waals surface area contributed by atoms with E-state index < -0.39 is 30.6 Å². The van der Waals surface area contributed by atoms with Crippen LogP contribution in [0.4, 0.5) is 16.2 Å². The van der Waals surface area contributed by atoms with Gasteiger partial charge in [0.25, 0.3) is 0 Å². The minimum Gasteiger partial charge on any atom is -0.393 e. The maximum atomic E-state index is 14.5. The topological polar surface area (TPSA) is 145 Å². The zero-order valence-electron chi connectivity index (χ0n) is 11.4. The van der Waals surface area contributed by atoms with Crippen LogP contribution < -0.4 is 11.5 Å². The largest absolute Gasteiger partial charge is 0.393 e. The molecular weight excluding hydrogens is 295 g/mol. The van der Waals surface area contributed by atoms with Crippen LogP contribution in [0.2, 0.25) is 0 Å². The van der Waals surface area contributed by atoms with E-state index >= 15 is 0 Å². The van der Waals surface area contributed by atoms with E-state index in [0.717, 1.165) is 0 Å². The summed E-state index contributed by atoms with van der Waals surface area (Å²) in [7, 11) is 0. The molecule has 0 unspecified atom stereocenters. The SMILES string of the molecule is C=C[C@]1(CO)O[C@@H](c2cnc3c(N)nc(N)nn23)[C@H](F)[C@@H]1O. The molecule has 0 aromatic carbocycles. The van der Waals surface area contributed by atoms with Gasteiger partial charge < -0.3 is 26.4 Å². The molecule has 118 valence electrons. The predicted molar refractivity (Wildman–Crippen MR) is 74.3 cm³/mol. The summed E-state index contributed by atoms with van der Waals surface area (Å²) in [4.78, 5) is 7.76. The van der Waals surface area contributed by atoms with E-state index in [9.17, 15) is 14.6 Å². The number of halogens is 1. The van der Waals surface area contributed by atoms with Gasteiger partial charge in [-0.2, -0.15) is 4.98 Å². The van der Waals surface area contributed by atoms with Crippen LogP contribution in [0, 0.1) is 0 Å². The molecule has 22 heavy (non-hydrogen) atoms. The first kappa shape index (κ1) is 14.6. The standard InChI is InChI=1S/C12H15FN6O3/c1-2-12(4-20)8(21)6(13)7(22-12)5-3-16-10-9(14)17-11(15)18-19(5)10/h2-3,6-8,20-21H,1,4H2,(H4,14,15,17,18)/t6-,7-,8-,12+/m0/s1. The first-order valence-corrected chi connectivity index (χ1v) is 6.44. The van der Waals surface area contributed by atoms with E-state index in [1.54, 1.807) is 0 Å². The fourth-order valence-electron chi connectivity index (χ4n) is 2.52. The molecule has 0 amide bonds. The van der Waals surface area contributed by atoms with Crippen LogP contribution in [0.15, 0.2) is 18.9 Å². The smallest absolute Gasteiger partial charge is 0.240 e. The Kier molecular flexibility index (Phi) is 3.24. The number of hydrogen-bond donors (Lipinski definition) is 4. The maximum absolute atomic E-state index is 14.5. The molecule has 9 nitrogen and oxygen atoms in total. The van der Waals surface area contributed by atoms with Crippen molar-refractivity contribution in [2.75, 3.05) is 18.1 Å². The molecule has 10 heteroatoms. The highest BCUT2D eigenvalue weighted by Gasteiger charge is 2.54. The van der Waals surface area contributed by atoms with Gasteiger partial charge in [-0.15, -0.1) is 11.7 Å². The molecule has 0 aliphatic carbocycles. The quantitative estimate of drug-likeness (QED) is 0.527. The molecule has 6 N–H and O–H groups in total. The zero-order valence-corrected chi connectivity index (χ0v) is 11.4. The van der Waals surface area contributed by atoms with Crippen LogP contribution in [0.5, 0.6) is 0 Å². The van der Waals surface area contributed by atoms with Gasteiger partial charge in [0.2, 0.25) is 5.95 Å². The van der Waals surface area contributed by atoms with E-state index in [0.29, 0.717) is 0 Å². The number of aromatic nitrogens is 4. The molecule has 2 aromatic rings. The molecule has 3 rings (SSSR count). The van der Waals surface area contributed by atoms with Crippen molar-refractivity contribution in [1.82, 2.24) is 19.6 Å². The lowest BCUT2D eigenvalue weighted by molar-refractivity contribution is -0.0798. The molecule has 3 heterocycles. The lowest BCUT2D eigenvalue weighted by Crippen LogP contribution is -2.43. The second-order valence-corrected chi connectivity index (χ2v) is 5.02. The van der Waals surface area contributed by atoms with E-state index in [1.165, 1.54) is 16.8 Å². The third-order valence-corrected chi connectivity index (χ3v) is 3.75.